The van der Waals surface area contributed by atoms with E-state index in [9.17, 15) is 0 Å². The van der Waals surface area contributed by atoms with Gasteiger partial charge >= 0.3 is 0 Å². The Labute approximate surface area is 126 Å². The molecule has 0 fully saturated rings. The van der Waals surface area contributed by atoms with E-state index in [2.05, 4.69) is 56.4 Å². The molecule has 114 valence electrons. The Bertz CT molecular complexity index is 318. The van der Waals surface area contributed by atoms with Crippen LogP contribution < -0.4 is 5.32 Å². The molecule has 0 heterocycles. The third kappa shape index (κ3) is 7.69. The molecule has 1 rings (SSSR count). The van der Waals surface area contributed by atoms with Crippen molar-refractivity contribution in [2.75, 3.05) is 0 Å². The van der Waals surface area contributed by atoms with Crippen molar-refractivity contribution in [2.24, 2.45) is 0 Å². The van der Waals surface area contributed by atoms with Crippen LogP contribution in [0.5, 0.6) is 0 Å². The summed E-state index contributed by atoms with van der Waals surface area (Å²) in [6, 6.07) is 12.0. The third-order valence-electron chi connectivity index (χ3n) is 3.83. The van der Waals surface area contributed by atoms with E-state index in [4.69, 9.17) is 0 Å². The molecule has 1 aromatic rings. The summed E-state index contributed by atoms with van der Waals surface area (Å²) < 4.78 is 0. The highest BCUT2D eigenvalue weighted by atomic mass is 14.9. The second-order valence-corrected chi connectivity index (χ2v) is 6.19. The van der Waals surface area contributed by atoms with Crippen molar-refractivity contribution in [2.45, 2.75) is 84.2 Å². The molecule has 0 bridgehead atoms. The monoisotopic (exact) mass is 275 g/mol. The molecule has 0 spiro atoms. The molecule has 0 aliphatic rings. The first-order chi connectivity index (χ1) is 9.74. The zero-order valence-electron chi connectivity index (χ0n) is 13.7. The van der Waals surface area contributed by atoms with Gasteiger partial charge in [0.1, 0.15) is 0 Å². The summed E-state index contributed by atoms with van der Waals surface area (Å²) in [5.41, 5.74) is 1.44. The van der Waals surface area contributed by atoms with Crippen molar-refractivity contribution in [1.82, 2.24) is 5.32 Å². The fourth-order valence-electron chi connectivity index (χ4n) is 2.74. The molecule has 1 aromatic carbocycles. The van der Waals surface area contributed by atoms with Crippen molar-refractivity contribution in [3.05, 3.63) is 35.9 Å². The molecule has 0 aromatic heterocycles. The summed E-state index contributed by atoms with van der Waals surface area (Å²) >= 11 is 0. The lowest BCUT2D eigenvalue weighted by Crippen LogP contribution is -2.28. The van der Waals surface area contributed by atoms with Gasteiger partial charge in [0.05, 0.1) is 0 Å². The first-order valence-corrected chi connectivity index (χ1v) is 8.55. The largest absolute Gasteiger partial charge is 0.308 e. The van der Waals surface area contributed by atoms with E-state index in [-0.39, 0.29) is 0 Å². The van der Waals surface area contributed by atoms with Gasteiger partial charge in [-0.3, -0.25) is 0 Å². The molecule has 1 atom stereocenters. The first kappa shape index (κ1) is 17.2. The van der Waals surface area contributed by atoms with Crippen LogP contribution in [0.1, 0.15) is 83.7 Å². The number of benzene rings is 1. The summed E-state index contributed by atoms with van der Waals surface area (Å²) in [6.45, 7) is 6.75. The molecule has 0 saturated heterocycles. The summed E-state index contributed by atoms with van der Waals surface area (Å²) in [6.07, 6.45) is 11.0. The van der Waals surface area contributed by atoms with Gasteiger partial charge in [-0.1, -0.05) is 96.0 Å². The van der Waals surface area contributed by atoms with Gasteiger partial charge in [-0.15, -0.1) is 0 Å². The van der Waals surface area contributed by atoms with Crippen molar-refractivity contribution < 1.29 is 0 Å². The van der Waals surface area contributed by atoms with Crippen LogP contribution in [0, 0.1) is 0 Å². The Balaban J connectivity index is 2.28. The fourth-order valence-corrected chi connectivity index (χ4v) is 2.74. The highest BCUT2D eigenvalue weighted by Crippen LogP contribution is 2.21. The van der Waals surface area contributed by atoms with E-state index < -0.39 is 0 Å². The van der Waals surface area contributed by atoms with Crippen LogP contribution in [-0.2, 0) is 0 Å². The predicted molar refractivity (Wildman–Crippen MR) is 90.1 cm³/mol. The maximum absolute atomic E-state index is 3.71. The van der Waals surface area contributed by atoms with E-state index >= 15 is 0 Å². The Hall–Kier alpha value is -0.820. The van der Waals surface area contributed by atoms with Crippen LogP contribution in [0.2, 0.25) is 0 Å². The van der Waals surface area contributed by atoms with Crippen molar-refractivity contribution >= 4 is 0 Å². The molecule has 20 heavy (non-hydrogen) atoms. The third-order valence-corrected chi connectivity index (χ3v) is 3.83. The van der Waals surface area contributed by atoms with Gasteiger partial charge in [-0.05, 0) is 12.0 Å². The van der Waals surface area contributed by atoms with E-state index in [0.29, 0.717) is 12.1 Å². The van der Waals surface area contributed by atoms with Crippen LogP contribution in [0.25, 0.3) is 0 Å². The number of hydrogen-bond donors (Lipinski definition) is 1. The number of hydrogen-bond acceptors (Lipinski definition) is 1. The van der Waals surface area contributed by atoms with Gasteiger partial charge in [0, 0.05) is 12.1 Å². The fraction of sp³-hybridized carbons (Fsp3) is 0.684. The lowest BCUT2D eigenvalue weighted by atomic mass is 9.99. The van der Waals surface area contributed by atoms with E-state index in [1.807, 2.05) is 0 Å². The molecule has 0 saturated carbocycles. The van der Waals surface area contributed by atoms with Crippen LogP contribution >= 0.6 is 0 Å². The summed E-state index contributed by atoms with van der Waals surface area (Å²) in [5, 5.41) is 3.71. The lowest BCUT2D eigenvalue weighted by Gasteiger charge is -2.22. The average molecular weight is 275 g/mol. The topological polar surface area (TPSA) is 12.0 Å². The molecule has 1 heteroatoms. The molecule has 1 unspecified atom stereocenters. The van der Waals surface area contributed by atoms with Crippen molar-refractivity contribution in [1.29, 1.82) is 0 Å². The second-order valence-electron chi connectivity index (χ2n) is 6.19. The highest BCUT2D eigenvalue weighted by Gasteiger charge is 2.11. The van der Waals surface area contributed by atoms with Gasteiger partial charge in [-0.25, -0.2) is 0 Å². The second kappa shape index (κ2) is 10.9. The van der Waals surface area contributed by atoms with Gasteiger partial charge in [0.15, 0.2) is 0 Å². The lowest BCUT2D eigenvalue weighted by molar-refractivity contribution is 0.430. The Morgan fingerprint density at radius 3 is 2.05 bits per heavy atom. The van der Waals surface area contributed by atoms with Crippen LogP contribution in [0.3, 0.4) is 0 Å². The quantitative estimate of drug-likeness (QED) is 0.498. The van der Waals surface area contributed by atoms with E-state index in [0.717, 1.165) is 0 Å². The summed E-state index contributed by atoms with van der Waals surface area (Å²) in [5.74, 6) is 0. The Morgan fingerprint density at radius 2 is 1.45 bits per heavy atom. The van der Waals surface area contributed by atoms with Gasteiger partial charge in [-0.2, -0.15) is 0 Å². The molecule has 0 aliphatic heterocycles. The summed E-state index contributed by atoms with van der Waals surface area (Å²) in [4.78, 5) is 0. The van der Waals surface area contributed by atoms with Crippen molar-refractivity contribution in [3.63, 3.8) is 0 Å². The minimum Gasteiger partial charge on any atom is -0.308 e. The molecular weight excluding hydrogens is 242 g/mol. The Morgan fingerprint density at radius 1 is 0.850 bits per heavy atom. The van der Waals surface area contributed by atoms with Gasteiger partial charge < -0.3 is 5.32 Å². The van der Waals surface area contributed by atoms with E-state index in [1.54, 1.807) is 0 Å². The zero-order chi connectivity index (χ0) is 14.6. The number of nitrogens with one attached hydrogen (secondary N) is 1. The SMILES string of the molecule is CCCCCCCCCC(NC(C)C)c1ccccc1. The average Bonchev–Trinajstić information content (AvgIpc) is 2.45. The molecule has 0 amide bonds. The van der Waals surface area contributed by atoms with Gasteiger partial charge in [0.2, 0.25) is 0 Å². The maximum atomic E-state index is 3.71. The standard InChI is InChI=1S/C19H33N/c1-4-5-6-7-8-9-13-16-19(20-17(2)3)18-14-11-10-12-15-18/h10-12,14-15,17,19-20H,4-9,13,16H2,1-3H3. The molecule has 1 N–H and O–H groups in total. The maximum Gasteiger partial charge on any atom is 0.0322 e. The zero-order valence-corrected chi connectivity index (χ0v) is 13.7. The number of unbranched alkanes of at least 4 members (excludes halogenated alkanes) is 6. The van der Waals surface area contributed by atoms with Crippen molar-refractivity contribution in [3.8, 4) is 0 Å². The normalized spacial score (nSPS) is 12.8. The number of rotatable bonds is 11. The highest BCUT2D eigenvalue weighted by molar-refractivity contribution is 5.18. The predicted octanol–water partition coefficient (Wildman–Crippen LogP) is 5.87. The first-order valence-electron chi connectivity index (χ1n) is 8.55. The van der Waals surface area contributed by atoms with Crippen LogP contribution in [0.4, 0.5) is 0 Å². The van der Waals surface area contributed by atoms with E-state index in [1.165, 1.54) is 56.9 Å². The Kier molecular flexibility index (Phi) is 9.40. The molecular formula is C19H33N. The van der Waals surface area contributed by atoms with Crippen LogP contribution in [-0.4, -0.2) is 6.04 Å². The minimum absolute atomic E-state index is 0.520. The molecule has 0 aliphatic carbocycles. The van der Waals surface area contributed by atoms with Gasteiger partial charge in [0.25, 0.3) is 0 Å². The smallest absolute Gasteiger partial charge is 0.0322 e. The molecule has 1 nitrogen and oxygen atoms in total. The summed E-state index contributed by atoms with van der Waals surface area (Å²) in [7, 11) is 0. The molecule has 0 radical (unpaired) electrons. The van der Waals surface area contributed by atoms with Crippen LogP contribution in [0.15, 0.2) is 30.3 Å². The minimum atomic E-state index is 0.520.